The van der Waals surface area contributed by atoms with Crippen molar-refractivity contribution in [2.24, 2.45) is 0 Å². The van der Waals surface area contributed by atoms with Gasteiger partial charge in [0.05, 0.1) is 25.8 Å². The number of ether oxygens (including phenoxy) is 2. The Bertz CT molecular complexity index is 628. The van der Waals surface area contributed by atoms with E-state index in [0.717, 1.165) is 11.8 Å². The Labute approximate surface area is 133 Å². The number of carbonyl (C=O) groups is 2. The summed E-state index contributed by atoms with van der Waals surface area (Å²) in [4.78, 5) is 27.6. The second-order valence-electron chi connectivity index (χ2n) is 4.94. The highest BCUT2D eigenvalue weighted by Crippen LogP contribution is 2.34. The predicted molar refractivity (Wildman–Crippen MR) is 85.9 cm³/mol. The first kappa shape index (κ1) is 16.4. The number of hydrogen-bond donors (Lipinski definition) is 0. The highest BCUT2D eigenvalue weighted by Gasteiger charge is 2.35. The van der Waals surface area contributed by atoms with E-state index in [2.05, 4.69) is 0 Å². The highest BCUT2D eigenvalue weighted by atomic mass is 32.2. The maximum atomic E-state index is 12.3. The molecule has 6 nitrogen and oxygen atoms in total. The monoisotopic (exact) mass is 322 g/mol. The summed E-state index contributed by atoms with van der Waals surface area (Å²) in [6.45, 7) is 0.261. The van der Waals surface area contributed by atoms with Crippen molar-refractivity contribution < 1.29 is 19.1 Å². The summed E-state index contributed by atoms with van der Waals surface area (Å²) in [5.74, 6) is 0.966. The third kappa shape index (κ3) is 3.42. The van der Waals surface area contributed by atoms with Gasteiger partial charge < -0.3 is 9.47 Å². The quantitative estimate of drug-likeness (QED) is 0.775. The Kier molecular flexibility index (Phi) is 5.10. The lowest BCUT2D eigenvalue weighted by molar-refractivity contribution is -0.123. The zero-order chi connectivity index (χ0) is 16.3. The molecule has 0 N–H and O–H groups in total. The molecule has 0 aromatic heterocycles. The molecule has 1 aliphatic rings. The molecular formula is C15H18N2O4S. The Morgan fingerprint density at radius 1 is 1.23 bits per heavy atom. The van der Waals surface area contributed by atoms with Crippen molar-refractivity contribution in [3.8, 4) is 11.5 Å². The van der Waals surface area contributed by atoms with E-state index in [1.165, 1.54) is 4.90 Å². The minimum atomic E-state index is -0.298. The summed E-state index contributed by atoms with van der Waals surface area (Å²) >= 11 is 0.927. The molecule has 0 aliphatic carbocycles. The minimum absolute atomic E-state index is 0.261. The van der Waals surface area contributed by atoms with Crippen LogP contribution in [0.2, 0.25) is 0 Å². The number of methoxy groups -OCH3 is 2. The van der Waals surface area contributed by atoms with Gasteiger partial charge in [0, 0.05) is 5.56 Å². The molecule has 1 aromatic carbocycles. The van der Waals surface area contributed by atoms with Crippen LogP contribution in [0, 0.1) is 0 Å². The van der Waals surface area contributed by atoms with Crippen LogP contribution >= 0.6 is 11.8 Å². The average Bonchev–Trinajstić information content (AvgIpc) is 2.74. The lowest BCUT2D eigenvalue weighted by Crippen LogP contribution is -2.36. The molecule has 1 heterocycles. The van der Waals surface area contributed by atoms with Gasteiger partial charge in [-0.15, -0.1) is 0 Å². The number of thioether (sulfide) groups is 1. The van der Waals surface area contributed by atoms with Crippen LogP contribution in [-0.4, -0.2) is 55.9 Å². The number of rotatable bonds is 5. The van der Waals surface area contributed by atoms with Crippen LogP contribution < -0.4 is 9.47 Å². The van der Waals surface area contributed by atoms with Crippen molar-refractivity contribution in [3.05, 3.63) is 28.7 Å². The smallest absolute Gasteiger partial charge is 0.294 e. The normalized spacial score (nSPS) is 16.8. The van der Waals surface area contributed by atoms with Crippen molar-refractivity contribution in [1.82, 2.24) is 9.80 Å². The lowest BCUT2D eigenvalue weighted by atomic mass is 10.1. The zero-order valence-corrected chi connectivity index (χ0v) is 13.8. The fraction of sp³-hybridized carbons (Fsp3) is 0.333. The van der Waals surface area contributed by atoms with Crippen LogP contribution in [0.4, 0.5) is 4.79 Å². The first-order valence-electron chi connectivity index (χ1n) is 6.58. The van der Waals surface area contributed by atoms with Gasteiger partial charge in [-0.2, -0.15) is 0 Å². The topological polar surface area (TPSA) is 59.1 Å². The summed E-state index contributed by atoms with van der Waals surface area (Å²) in [5.41, 5.74) is 0.692. The van der Waals surface area contributed by atoms with E-state index in [9.17, 15) is 9.59 Å². The van der Waals surface area contributed by atoms with Gasteiger partial charge in [-0.05, 0) is 50.1 Å². The fourth-order valence-corrected chi connectivity index (χ4v) is 2.82. The molecule has 1 saturated heterocycles. The van der Waals surface area contributed by atoms with Gasteiger partial charge in [-0.1, -0.05) is 0 Å². The van der Waals surface area contributed by atoms with E-state index in [-0.39, 0.29) is 17.8 Å². The van der Waals surface area contributed by atoms with Crippen LogP contribution in [0.5, 0.6) is 11.5 Å². The molecule has 22 heavy (non-hydrogen) atoms. The SMILES string of the molecule is COc1ccc(OC)c(/C=C2/SC(=O)N(CN(C)C)C2=O)c1. The van der Waals surface area contributed by atoms with Crippen LogP contribution in [0.1, 0.15) is 5.56 Å². The van der Waals surface area contributed by atoms with Crippen molar-refractivity contribution in [2.45, 2.75) is 0 Å². The van der Waals surface area contributed by atoms with Gasteiger partial charge in [-0.25, -0.2) is 0 Å². The second-order valence-corrected chi connectivity index (χ2v) is 5.93. The van der Waals surface area contributed by atoms with Crippen molar-refractivity contribution in [3.63, 3.8) is 0 Å². The van der Waals surface area contributed by atoms with Crippen LogP contribution in [-0.2, 0) is 4.79 Å². The van der Waals surface area contributed by atoms with E-state index in [0.29, 0.717) is 22.0 Å². The number of imide groups is 1. The Hall–Kier alpha value is -1.99. The van der Waals surface area contributed by atoms with Gasteiger partial charge in [0.15, 0.2) is 0 Å². The van der Waals surface area contributed by atoms with Gasteiger partial charge >= 0.3 is 0 Å². The lowest BCUT2D eigenvalue weighted by Gasteiger charge is -2.17. The largest absolute Gasteiger partial charge is 0.497 e. The molecule has 1 aromatic rings. The Morgan fingerprint density at radius 3 is 2.55 bits per heavy atom. The highest BCUT2D eigenvalue weighted by molar-refractivity contribution is 8.18. The number of benzene rings is 1. The Morgan fingerprint density at radius 2 is 1.95 bits per heavy atom. The first-order chi connectivity index (χ1) is 10.5. The first-order valence-corrected chi connectivity index (χ1v) is 7.40. The molecule has 1 aliphatic heterocycles. The number of hydrogen-bond acceptors (Lipinski definition) is 6. The van der Waals surface area contributed by atoms with Gasteiger partial charge in [-0.3, -0.25) is 19.4 Å². The van der Waals surface area contributed by atoms with Crippen molar-refractivity contribution in [1.29, 1.82) is 0 Å². The molecule has 1 fully saturated rings. The van der Waals surface area contributed by atoms with E-state index in [1.807, 2.05) is 0 Å². The summed E-state index contributed by atoms with van der Waals surface area (Å²) in [7, 11) is 6.73. The predicted octanol–water partition coefficient (Wildman–Crippen LogP) is 2.26. The van der Waals surface area contributed by atoms with Crippen molar-refractivity contribution in [2.75, 3.05) is 35.0 Å². The third-order valence-corrected chi connectivity index (χ3v) is 3.93. The van der Waals surface area contributed by atoms with E-state index >= 15 is 0 Å². The van der Waals surface area contributed by atoms with E-state index in [1.54, 1.807) is 57.5 Å². The Balaban J connectivity index is 2.34. The maximum absolute atomic E-state index is 12.3. The molecule has 0 saturated carbocycles. The van der Waals surface area contributed by atoms with Gasteiger partial charge in [0.25, 0.3) is 11.1 Å². The fourth-order valence-electron chi connectivity index (χ4n) is 2.00. The van der Waals surface area contributed by atoms with Crippen LogP contribution in [0.25, 0.3) is 6.08 Å². The molecular weight excluding hydrogens is 304 g/mol. The molecule has 2 rings (SSSR count). The number of nitrogens with zero attached hydrogens (tertiary/aromatic N) is 2. The zero-order valence-electron chi connectivity index (χ0n) is 13.0. The van der Waals surface area contributed by atoms with Gasteiger partial charge in [0.2, 0.25) is 0 Å². The number of amides is 2. The second kappa shape index (κ2) is 6.85. The maximum Gasteiger partial charge on any atom is 0.294 e. The van der Waals surface area contributed by atoms with E-state index < -0.39 is 0 Å². The molecule has 2 amide bonds. The summed E-state index contributed by atoms with van der Waals surface area (Å²) in [6.07, 6.45) is 1.65. The summed E-state index contributed by atoms with van der Waals surface area (Å²) in [5, 5.41) is -0.271. The average molecular weight is 322 g/mol. The molecule has 0 radical (unpaired) electrons. The van der Waals surface area contributed by atoms with Crippen molar-refractivity contribution >= 4 is 29.0 Å². The minimum Gasteiger partial charge on any atom is -0.497 e. The standard InChI is InChI=1S/C15H18N2O4S/c1-16(2)9-17-14(18)13(22-15(17)19)8-10-7-11(20-3)5-6-12(10)21-4/h5-8H,9H2,1-4H3/b13-8+. The van der Waals surface area contributed by atoms with Crippen LogP contribution in [0.3, 0.4) is 0 Å². The molecule has 0 spiro atoms. The molecule has 118 valence electrons. The van der Waals surface area contributed by atoms with E-state index in [4.69, 9.17) is 9.47 Å². The molecule has 0 atom stereocenters. The molecule has 0 bridgehead atoms. The summed E-state index contributed by atoms with van der Waals surface area (Å²) < 4.78 is 10.5. The summed E-state index contributed by atoms with van der Waals surface area (Å²) in [6, 6.07) is 5.29. The van der Waals surface area contributed by atoms with Crippen LogP contribution in [0.15, 0.2) is 23.1 Å². The molecule has 7 heteroatoms. The number of carbonyl (C=O) groups excluding carboxylic acids is 2. The molecule has 0 unspecified atom stereocenters. The third-order valence-electron chi connectivity index (χ3n) is 3.02. The van der Waals surface area contributed by atoms with Gasteiger partial charge in [0.1, 0.15) is 11.5 Å².